The number of aromatic nitrogens is 4. The lowest BCUT2D eigenvalue weighted by molar-refractivity contribution is 0.102. The number of hydrogen-bond acceptors (Lipinski definition) is 7. The zero-order valence-corrected chi connectivity index (χ0v) is 21.8. The van der Waals surface area contributed by atoms with Gasteiger partial charge in [-0.05, 0) is 55.0 Å². The first-order chi connectivity index (χ1) is 17.8. The van der Waals surface area contributed by atoms with E-state index in [1.807, 2.05) is 24.4 Å². The molecule has 12 heteroatoms. The van der Waals surface area contributed by atoms with Gasteiger partial charge >= 0.3 is 0 Å². The average molecular weight is 539 g/mol. The number of aryl methyl sites for hydroxylation is 1. The first-order valence-electron chi connectivity index (χ1n) is 12.0. The number of carbonyl (C=O) groups excluding carboxylic acids is 1. The van der Waals surface area contributed by atoms with E-state index in [2.05, 4.69) is 20.4 Å². The molecule has 10 nitrogen and oxygen atoms in total. The third kappa shape index (κ3) is 5.26. The number of nitrogens with one attached hydrogen (secondary N) is 2. The Labute approximate surface area is 218 Å². The fourth-order valence-electron chi connectivity index (χ4n) is 4.20. The molecule has 0 unspecified atom stereocenters. The van der Waals surface area contributed by atoms with Crippen LogP contribution in [0.4, 0.5) is 5.82 Å². The van der Waals surface area contributed by atoms with Gasteiger partial charge in [-0.3, -0.25) is 14.6 Å². The van der Waals surface area contributed by atoms with Gasteiger partial charge in [0.2, 0.25) is 16.0 Å². The molecule has 1 aliphatic heterocycles. The van der Waals surface area contributed by atoms with E-state index in [0.717, 1.165) is 24.1 Å². The molecular weight excluding hydrogens is 512 g/mol. The van der Waals surface area contributed by atoms with E-state index in [9.17, 15) is 18.0 Å². The van der Waals surface area contributed by atoms with E-state index >= 15 is 0 Å². The number of anilines is 1. The number of rotatable bonds is 8. The van der Waals surface area contributed by atoms with Crippen LogP contribution in [0.25, 0.3) is 16.5 Å². The Balaban J connectivity index is 1.46. The summed E-state index contributed by atoms with van der Waals surface area (Å²) < 4.78 is 28.5. The smallest absolute Gasteiger partial charge is 0.256 e. The van der Waals surface area contributed by atoms with Gasteiger partial charge < -0.3 is 5.32 Å². The molecule has 4 aromatic rings. The fourth-order valence-corrected chi connectivity index (χ4v) is 6.40. The van der Waals surface area contributed by atoms with Crippen molar-refractivity contribution < 1.29 is 13.2 Å². The first kappa shape index (κ1) is 25.1. The van der Waals surface area contributed by atoms with Crippen LogP contribution in [0.2, 0.25) is 0 Å². The highest BCUT2D eigenvalue weighted by molar-refractivity contribution is 7.89. The van der Waals surface area contributed by atoms with E-state index in [-0.39, 0.29) is 22.0 Å². The van der Waals surface area contributed by atoms with Gasteiger partial charge in [-0.2, -0.15) is 14.1 Å². The van der Waals surface area contributed by atoms with Gasteiger partial charge in [0.1, 0.15) is 11.5 Å². The lowest BCUT2D eigenvalue weighted by atomic mass is 10.2. The second-order valence-corrected chi connectivity index (χ2v) is 11.6. The molecule has 0 spiro atoms. The van der Waals surface area contributed by atoms with E-state index < -0.39 is 15.9 Å². The molecule has 0 bridgehead atoms. The maximum Gasteiger partial charge on any atom is 0.256 e. The predicted molar refractivity (Wildman–Crippen MR) is 142 cm³/mol. The van der Waals surface area contributed by atoms with Crippen LogP contribution in [0.3, 0.4) is 0 Å². The van der Waals surface area contributed by atoms with E-state index in [1.54, 1.807) is 6.07 Å². The molecule has 192 valence electrons. The molecule has 1 saturated heterocycles. The standard InChI is InChI=1S/C25H26N6O4S2/c1-2-6-18-15-23(32)28-25(26-18)31-22(16-20(29-31)21-7-5-14-36-21)27-24(33)17-8-10-19(11-9-17)37(34,35)30-12-3-4-13-30/h5,7-11,14-16H,2-4,6,12-13H2,1H3,(H,27,33)(H,26,28,32). The summed E-state index contributed by atoms with van der Waals surface area (Å²) in [6.45, 7) is 3.02. The van der Waals surface area contributed by atoms with Gasteiger partial charge in [-0.15, -0.1) is 11.3 Å². The lowest BCUT2D eigenvalue weighted by Crippen LogP contribution is -2.27. The van der Waals surface area contributed by atoms with Crippen LogP contribution >= 0.6 is 11.3 Å². The molecule has 0 atom stereocenters. The van der Waals surface area contributed by atoms with Crippen LogP contribution in [0, 0.1) is 0 Å². The van der Waals surface area contributed by atoms with Gasteiger partial charge in [0.05, 0.1) is 9.77 Å². The molecule has 0 aliphatic carbocycles. The molecule has 1 aliphatic rings. The minimum Gasteiger partial charge on any atom is -0.306 e. The Bertz CT molecular complexity index is 1570. The number of amides is 1. The highest BCUT2D eigenvalue weighted by atomic mass is 32.2. The van der Waals surface area contributed by atoms with Crippen molar-refractivity contribution in [1.29, 1.82) is 0 Å². The van der Waals surface area contributed by atoms with Crippen molar-refractivity contribution in [2.45, 2.75) is 37.5 Å². The summed E-state index contributed by atoms with van der Waals surface area (Å²) in [5.41, 5.74) is 1.21. The lowest BCUT2D eigenvalue weighted by Gasteiger charge is -2.15. The number of nitrogens with zero attached hydrogens (tertiary/aromatic N) is 4. The molecule has 1 fully saturated rings. The van der Waals surface area contributed by atoms with Crippen molar-refractivity contribution in [3.63, 3.8) is 0 Å². The summed E-state index contributed by atoms with van der Waals surface area (Å²) in [5.74, 6) is 0.0659. The van der Waals surface area contributed by atoms with Gasteiger partial charge in [0.15, 0.2) is 0 Å². The molecule has 5 rings (SSSR count). The predicted octanol–water partition coefficient (Wildman–Crippen LogP) is 3.67. The molecule has 2 N–H and O–H groups in total. The summed E-state index contributed by atoms with van der Waals surface area (Å²) in [6, 6.07) is 12.8. The molecule has 3 aromatic heterocycles. The first-order valence-corrected chi connectivity index (χ1v) is 14.3. The van der Waals surface area contributed by atoms with Gasteiger partial charge in [-0.25, -0.2) is 13.4 Å². The van der Waals surface area contributed by atoms with Crippen molar-refractivity contribution in [3.05, 3.63) is 75.5 Å². The molecule has 0 saturated carbocycles. The number of hydrogen-bond donors (Lipinski definition) is 2. The SMILES string of the molecule is CCCc1cc(=O)[nH]c(-n2nc(-c3cccs3)cc2NC(=O)c2ccc(S(=O)(=O)N3CCCC3)cc2)n1. The Morgan fingerprint density at radius 2 is 1.89 bits per heavy atom. The Morgan fingerprint density at radius 3 is 2.57 bits per heavy atom. The quantitative estimate of drug-likeness (QED) is 0.352. The van der Waals surface area contributed by atoms with Gasteiger partial charge in [0, 0.05) is 36.5 Å². The number of thiophene rings is 1. The number of carbonyl (C=O) groups is 1. The number of aromatic amines is 1. The van der Waals surface area contributed by atoms with Crippen LogP contribution < -0.4 is 10.9 Å². The highest BCUT2D eigenvalue weighted by Gasteiger charge is 2.27. The van der Waals surface area contributed by atoms with Crippen LogP contribution in [0.5, 0.6) is 0 Å². The number of H-pyrrole nitrogens is 1. The second-order valence-electron chi connectivity index (χ2n) is 8.70. The maximum atomic E-state index is 13.1. The Hall–Kier alpha value is -3.61. The summed E-state index contributed by atoms with van der Waals surface area (Å²) >= 11 is 1.50. The monoisotopic (exact) mass is 538 g/mol. The molecule has 1 aromatic carbocycles. The van der Waals surface area contributed by atoms with Gasteiger partial charge in [-0.1, -0.05) is 19.4 Å². The van der Waals surface area contributed by atoms with Crippen molar-refractivity contribution in [2.75, 3.05) is 18.4 Å². The fraction of sp³-hybridized carbons (Fsp3) is 0.280. The van der Waals surface area contributed by atoms with E-state index in [4.69, 9.17) is 0 Å². The van der Waals surface area contributed by atoms with Crippen molar-refractivity contribution in [1.82, 2.24) is 24.1 Å². The third-order valence-electron chi connectivity index (χ3n) is 6.03. The minimum absolute atomic E-state index is 0.158. The zero-order chi connectivity index (χ0) is 26.0. The Morgan fingerprint density at radius 1 is 1.14 bits per heavy atom. The maximum absolute atomic E-state index is 13.1. The number of sulfonamides is 1. The van der Waals surface area contributed by atoms with Crippen LogP contribution in [-0.4, -0.2) is 51.5 Å². The normalized spacial score (nSPS) is 14.2. The zero-order valence-electron chi connectivity index (χ0n) is 20.2. The topological polar surface area (TPSA) is 130 Å². The van der Waals surface area contributed by atoms with Gasteiger partial charge in [0.25, 0.3) is 11.5 Å². The molecule has 37 heavy (non-hydrogen) atoms. The Kier molecular flexibility index (Phi) is 7.04. The van der Waals surface area contributed by atoms with Crippen LogP contribution in [0.15, 0.2) is 63.6 Å². The molecule has 4 heterocycles. The summed E-state index contributed by atoms with van der Waals surface area (Å²) in [4.78, 5) is 33.7. The largest absolute Gasteiger partial charge is 0.306 e. The van der Waals surface area contributed by atoms with E-state index in [0.29, 0.717) is 36.7 Å². The second kappa shape index (κ2) is 10.4. The van der Waals surface area contributed by atoms with Crippen LogP contribution in [-0.2, 0) is 16.4 Å². The van der Waals surface area contributed by atoms with E-state index in [1.165, 1.54) is 50.7 Å². The molecular formula is C25H26N6O4S2. The highest BCUT2D eigenvalue weighted by Crippen LogP contribution is 2.28. The van der Waals surface area contributed by atoms with Crippen molar-refractivity contribution in [3.8, 4) is 16.5 Å². The summed E-state index contributed by atoms with van der Waals surface area (Å²) in [5, 5.41) is 9.36. The third-order valence-corrected chi connectivity index (χ3v) is 8.84. The van der Waals surface area contributed by atoms with Crippen LogP contribution in [0.1, 0.15) is 42.2 Å². The number of benzene rings is 1. The molecule has 0 radical (unpaired) electrons. The summed E-state index contributed by atoms with van der Waals surface area (Å²) in [7, 11) is -3.57. The molecule has 1 amide bonds. The van der Waals surface area contributed by atoms with Crippen molar-refractivity contribution >= 4 is 33.1 Å². The summed E-state index contributed by atoms with van der Waals surface area (Å²) in [6.07, 6.45) is 3.15. The van der Waals surface area contributed by atoms with Crippen molar-refractivity contribution in [2.24, 2.45) is 0 Å². The average Bonchev–Trinajstić information content (AvgIpc) is 3.66. The minimum atomic E-state index is -3.57.